The monoisotopic (exact) mass is 328 g/mol. The summed E-state index contributed by atoms with van der Waals surface area (Å²) < 4.78 is 0. The van der Waals surface area contributed by atoms with Crippen molar-refractivity contribution in [2.45, 2.75) is 65.2 Å². The van der Waals surface area contributed by atoms with E-state index in [1.165, 1.54) is 49.2 Å². The summed E-state index contributed by atoms with van der Waals surface area (Å²) in [7, 11) is 2.25. The van der Waals surface area contributed by atoms with Crippen molar-refractivity contribution in [3.05, 3.63) is 35.4 Å². The summed E-state index contributed by atoms with van der Waals surface area (Å²) in [4.78, 5) is 7.38. The molecule has 1 heterocycles. The van der Waals surface area contributed by atoms with Crippen LogP contribution in [0.15, 0.2) is 29.3 Å². The van der Waals surface area contributed by atoms with Crippen molar-refractivity contribution in [2.75, 3.05) is 26.7 Å². The summed E-state index contributed by atoms with van der Waals surface area (Å²) in [5.74, 6) is 0.752. The third-order valence-electron chi connectivity index (χ3n) is 5.83. The molecule has 1 fully saturated rings. The second-order valence-corrected chi connectivity index (χ2v) is 7.90. The zero-order valence-corrected chi connectivity index (χ0v) is 16.4. The third kappa shape index (κ3) is 4.92. The molecule has 0 saturated carbocycles. The average molecular weight is 329 g/mol. The fourth-order valence-corrected chi connectivity index (χ4v) is 3.93. The molecule has 0 amide bonds. The first-order chi connectivity index (χ1) is 11.5. The summed E-state index contributed by atoms with van der Waals surface area (Å²) in [5, 5.41) is 0. The second-order valence-electron chi connectivity index (χ2n) is 7.90. The normalized spacial score (nSPS) is 23.6. The number of likely N-dealkylation sites (tertiary alicyclic amines) is 1. The van der Waals surface area contributed by atoms with E-state index in [1.807, 2.05) is 0 Å². The maximum Gasteiger partial charge on any atom is 0.0397 e. The van der Waals surface area contributed by atoms with E-state index in [4.69, 9.17) is 4.99 Å². The molecule has 2 nitrogen and oxygen atoms in total. The Labute approximate surface area is 149 Å². The van der Waals surface area contributed by atoms with Gasteiger partial charge in [0.15, 0.2) is 0 Å². The average Bonchev–Trinajstić information content (AvgIpc) is 2.97. The van der Waals surface area contributed by atoms with Crippen LogP contribution in [-0.2, 0) is 11.8 Å². The highest BCUT2D eigenvalue weighted by atomic mass is 15.1. The molecule has 134 valence electrons. The van der Waals surface area contributed by atoms with Crippen molar-refractivity contribution >= 4 is 5.71 Å². The fraction of sp³-hybridized carbons (Fsp3) is 0.682. The molecule has 1 aromatic carbocycles. The van der Waals surface area contributed by atoms with Gasteiger partial charge in [0.2, 0.25) is 0 Å². The van der Waals surface area contributed by atoms with Gasteiger partial charge in [-0.25, -0.2) is 0 Å². The molecular formula is C22H36N2. The van der Waals surface area contributed by atoms with Gasteiger partial charge in [0.05, 0.1) is 0 Å². The highest BCUT2D eigenvalue weighted by Crippen LogP contribution is 2.37. The van der Waals surface area contributed by atoms with Crippen molar-refractivity contribution < 1.29 is 0 Å². The van der Waals surface area contributed by atoms with Crippen molar-refractivity contribution in [2.24, 2.45) is 10.9 Å². The first kappa shape index (κ1) is 19.2. The van der Waals surface area contributed by atoms with Crippen LogP contribution in [-0.4, -0.2) is 37.3 Å². The Morgan fingerprint density at radius 3 is 2.50 bits per heavy atom. The van der Waals surface area contributed by atoms with Crippen LogP contribution < -0.4 is 0 Å². The molecule has 0 radical (unpaired) electrons. The smallest absolute Gasteiger partial charge is 0.0397 e. The van der Waals surface area contributed by atoms with E-state index < -0.39 is 0 Å². The summed E-state index contributed by atoms with van der Waals surface area (Å²) in [6, 6.07) is 9.36. The zero-order valence-electron chi connectivity index (χ0n) is 16.4. The van der Waals surface area contributed by atoms with Gasteiger partial charge >= 0.3 is 0 Å². The molecule has 2 heteroatoms. The van der Waals surface area contributed by atoms with Gasteiger partial charge in [-0.2, -0.15) is 0 Å². The Bertz CT molecular complexity index is 531. The van der Waals surface area contributed by atoms with Crippen molar-refractivity contribution in [3.8, 4) is 0 Å². The van der Waals surface area contributed by atoms with E-state index in [0.717, 1.165) is 25.3 Å². The molecule has 2 atom stereocenters. The molecule has 1 aliphatic rings. The zero-order chi connectivity index (χ0) is 17.6. The van der Waals surface area contributed by atoms with Crippen LogP contribution in [0.1, 0.15) is 64.5 Å². The number of rotatable bonds is 8. The van der Waals surface area contributed by atoms with E-state index in [9.17, 15) is 0 Å². The Kier molecular flexibility index (Phi) is 7.03. The minimum Gasteiger partial charge on any atom is -0.305 e. The summed E-state index contributed by atoms with van der Waals surface area (Å²) in [6.07, 6.45) is 5.93. The molecule has 24 heavy (non-hydrogen) atoms. The van der Waals surface area contributed by atoms with Gasteiger partial charge < -0.3 is 4.90 Å². The number of aliphatic imine (C=N–C) groups is 1. The summed E-state index contributed by atoms with van der Waals surface area (Å²) >= 11 is 0. The first-order valence-electron chi connectivity index (χ1n) is 9.77. The molecule has 0 aromatic heterocycles. The molecule has 0 aliphatic carbocycles. The maximum absolute atomic E-state index is 4.90. The quantitative estimate of drug-likeness (QED) is 0.605. The maximum atomic E-state index is 4.90. The SMILES string of the molecule is CCc1ccc(C2(CCN=C(C)CC(C)CC)CCN(C)C2)cc1. The molecule has 0 N–H and O–H groups in total. The lowest BCUT2D eigenvalue weighted by molar-refractivity contribution is 0.356. The molecule has 0 bridgehead atoms. The predicted octanol–water partition coefficient (Wildman–Crippen LogP) is 5.11. The van der Waals surface area contributed by atoms with Crippen LogP contribution in [0.25, 0.3) is 0 Å². The van der Waals surface area contributed by atoms with Crippen LogP contribution in [0, 0.1) is 5.92 Å². The molecule has 1 saturated heterocycles. The number of hydrogen-bond donors (Lipinski definition) is 0. The lowest BCUT2D eigenvalue weighted by Gasteiger charge is -2.29. The third-order valence-corrected chi connectivity index (χ3v) is 5.83. The number of aryl methyl sites for hydroxylation is 1. The number of hydrogen-bond acceptors (Lipinski definition) is 2. The fourth-order valence-electron chi connectivity index (χ4n) is 3.93. The van der Waals surface area contributed by atoms with Gasteiger partial charge in [0.25, 0.3) is 0 Å². The van der Waals surface area contributed by atoms with E-state index in [1.54, 1.807) is 0 Å². The van der Waals surface area contributed by atoms with Crippen LogP contribution in [0.3, 0.4) is 0 Å². The lowest BCUT2D eigenvalue weighted by Crippen LogP contribution is -2.30. The molecule has 1 aliphatic heterocycles. The minimum absolute atomic E-state index is 0.293. The molecular weight excluding hydrogens is 292 g/mol. The topological polar surface area (TPSA) is 15.6 Å². The highest BCUT2D eigenvalue weighted by Gasteiger charge is 2.37. The summed E-state index contributed by atoms with van der Waals surface area (Å²) in [5.41, 5.74) is 4.56. The largest absolute Gasteiger partial charge is 0.305 e. The molecule has 2 unspecified atom stereocenters. The van der Waals surface area contributed by atoms with Gasteiger partial charge in [-0.1, -0.05) is 51.5 Å². The van der Waals surface area contributed by atoms with Gasteiger partial charge in [-0.3, -0.25) is 4.99 Å². The second kappa shape index (κ2) is 8.80. The Hall–Kier alpha value is -1.15. The Morgan fingerprint density at radius 2 is 1.96 bits per heavy atom. The predicted molar refractivity (Wildman–Crippen MR) is 106 cm³/mol. The molecule has 0 spiro atoms. The van der Waals surface area contributed by atoms with Crippen molar-refractivity contribution in [1.29, 1.82) is 0 Å². The number of likely N-dealkylation sites (N-methyl/N-ethyl adjacent to an activating group) is 1. The van der Waals surface area contributed by atoms with E-state index in [0.29, 0.717) is 5.41 Å². The van der Waals surface area contributed by atoms with Gasteiger partial charge in [0.1, 0.15) is 0 Å². The number of benzene rings is 1. The Balaban J connectivity index is 2.07. The van der Waals surface area contributed by atoms with Gasteiger partial charge in [0, 0.05) is 24.2 Å². The van der Waals surface area contributed by atoms with E-state index in [2.05, 4.69) is 63.9 Å². The Morgan fingerprint density at radius 1 is 1.25 bits per heavy atom. The first-order valence-corrected chi connectivity index (χ1v) is 9.77. The van der Waals surface area contributed by atoms with E-state index in [-0.39, 0.29) is 0 Å². The highest BCUT2D eigenvalue weighted by molar-refractivity contribution is 5.82. The standard InChI is InChI=1S/C22H36N2/c1-6-18(3)16-19(4)23-14-12-22(13-15-24(5)17-22)21-10-8-20(7-2)9-11-21/h8-11,18H,6-7,12-17H2,1-5H3. The van der Waals surface area contributed by atoms with Crippen molar-refractivity contribution in [3.63, 3.8) is 0 Å². The van der Waals surface area contributed by atoms with Crippen LogP contribution in [0.5, 0.6) is 0 Å². The summed E-state index contributed by atoms with van der Waals surface area (Å²) in [6.45, 7) is 12.3. The van der Waals surface area contributed by atoms with Gasteiger partial charge in [-0.05, 0) is 63.2 Å². The van der Waals surface area contributed by atoms with E-state index >= 15 is 0 Å². The van der Waals surface area contributed by atoms with Crippen LogP contribution in [0.4, 0.5) is 0 Å². The lowest BCUT2D eigenvalue weighted by atomic mass is 9.76. The van der Waals surface area contributed by atoms with Gasteiger partial charge in [-0.15, -0.1) is 0 Å². The number of nitrogens with zero attached hydrogens (tertiary/aromatic N) is 2. The minimum atomic E-state index is 0.293. The molecule has 1 aromatic rings. The van der Waals surface area contributed by atoms with Crippen LogP contribution in [0.2, 0.25) is 0 Å². The molecule has 2 rings (SSSR count). The van der Waals surface area contributed by atoms with Crippen molar-refractivity contribution in [1.82, 2.24) is 4.90 Å². The van der Waals surface area contributed by atoms with Crippen LogP contribution >= 0.6 is 0 Å².